The van der Waals surface area contributed by atoms with E-state index in [0.717, 1.165) is 30.2 Å². The molecule has 2 amide bonds. The zero-order valence-corrected chi connectivity index (χ0v) is 17.1. The van der Waals surface area contributed by atoms with Crippen molar-refractivity contribution in [3.63, 3.8) is 0 Å². The summed E-state index contributed by atoms with van der Waals surface area (Å²) in [7, 11) is 0. The van der Waals surface area contributed by atoms with Crippen molar-refractivity contribution in [2.75, 3.05) is 5.32 Å². The molecule has 0 spiro atoms. The first kappa shape index (κ1) is 20.6. The number of halogens is 4. The van der Waals surface area contributed by atoms with Crippen LogP contribution in [-0.2, 0) is 6.18 Å². The average Bonchev–Trinajstić information content (AvgIpc) is 3.42. The highest BCUT2D eigenvalue weighted by Gasteiger charge is 2.33. The highest BCUT2D eigenvalue weighted by Crippen LogP contribution is 2.34. The van der Waals surface area contributed by atoms with Crippen molar-refractivity contribution in [3.05, 3.63) is 57.1 Å². The minimum atomic E-state index is -4.56. The van der Waals surface area contributed by atoms with E-state index in [9.17, 15) is 22.8 Å². The molecule has 2 aromatic heterocycles. The zero-order valence-electron chi connectivity index (χ0n) is 15.6. The van der Waals surface area contributed by atoms with Crippen molar-refractivity contribution in [2.24, 2.45) is 0 Å². The largest absolute Gasteiger partial charge is 0.433 e. The van der Waals surface area contributed by atoms with E-state index in [1.807, 2.05) is 0 Å². The fraction of sp³-hybridized carbons (Fsp3) is 0.250. The van der Waals surface area contributed by atoms with Crippen LogP contribution in [0.4, 0.5) is 18.9 Å². The molecule has 4 rings (SSSR count). The number of aromatic nitrogens is 1. The highest BCUT2D eigenvalue weighted by molar-refractivity contribution is 7.20. The number of aryl methyl sites for hydroxylation is 1. The fourth-order valence-corrected chi connectivity index (χ4v) is 4.27. The number of alkyl halides is 3. The van der Waals surface area contributed by atoms with E-state index in [4.69, 9.17) is 11.6 Å². The van der Waals surface area contributed by atoms with E-state index >= 15 is 0 Å². The number of amides is 2. The van der Waals surface area contributed by atoms with Gasteiger partial charge in [-0.25, -0.2) is 4.98 Å². The first-order valence-corrected chi connectivity index (χ1v) is 10.2. The molecule has 30 heavy (non-hydrogen) atoms. The summed E-state index contributed by atoms with van der Waals surface area (Å²) in [5, 5.41) is 6.19. The van der Waals surface area contributed by atoms with E-state index in [0.29, 0.717) is 22.2 Å². The van der Waals surface area contributed by atoms with Gasteiger partial charge in [-0.15, -0.1) is 11.3 Å². The number of pyridine rings is 1. The summed E-state index contributed by atoms with van der Waals surface area (Å²) in [5.41, 5.74) is 0.215. The second kappa shape index (κ2) is 7.55. The number of hydrogen-bond donors (Lipinski definition) is 2. The molecular formula is C20H15ClF3N3O2S. The summed E-state index contributed by atoms with van der Waals surface area (Å²) in [6.45, 7) is 1.65. The van der Waals surface area contributed by atoms with Crippen LogP contribution in [0.3, 0.4) is 0 Å². The molecule has 0 aliphatic heterocycles. The van der Waals surface area contributed by atoms with Gasteiger partial charge >= 0.3 is 6.18 Å². The zero-order chi connectivity index (χ0) is 21.6. The third kappa shape index (κ3) is 4.13. The topological polar surface area (TPSA) is 71.1 Å². The monoisotopic (exact) mass is 453 g/mol. The van der Waals surface area contributed by atoms with Crippen LogP contribution < -0.4 is 10.6 Å². The Hall–Kier alpha value is -2.65. The van der Waals surface area contributed by atoms with Crippen molar-refractivity contribution >= 4 is 50.7 Å². The Labute approximate surface area is 178 Å². The summed E-state index contributed by atoms with van der Waals surface area (Å²) in [6.07, 6.45) is -2.66. The average molecular weight is 454 g/mol. The van der Waals surface area contributed by atoms with Crippen molar-refractivity contribution in [1.82, 2.24) is 10.3 Å². The lowest BCUT2D eigenvalue weighted by Gasteiger charge is -2.09. The van der Waals surface area contributed by atoms with Crippen LogP contribution in [0.1, 0.15) is 44.1 Å². The number of nitrogens with zero attached hydrogens (tertiary/aromatic N) is 1. The smallest absolute Gasteiger partial charge is 0.349 e. The summed E-state index contributed by atoms with van der Waals surface area (Å²) in [5.74, 6) is -0.762. The molecule has 5 nitrogen and oxygen atoms in total. The van der Waals surface area contributed by atoms with Crippen molar-refractivity contribution in [3.8, 4) is 0 Å². The molecule has 0 radical (unpaired) electrons. The summed E-state index contributed by atoms with van der Waals surface area (Å²) < 4.78 is 38.7. The lowest BCUT2D eigenvalue weighted by atomic mass is 10.1. The van der Waals surface area contributed by atoms with Gasteiger partial charge in [0.15, 0.2) is 0 Å². The van der Waals surface area contributed by atoms with Gasteiger partial charge in [-0.05, 0) is 55.7 Å². The van der Waals surface area contributed by atoms with Gasteiger partial charge < -0.3 is 10.6 Å². The summed E-state index contributed by atoms with van der Waals surface area (Å²) in [6, 6.07) is 6.94. The van der Waals surface area contributed by atoms with Gasteiger partial charge in [0.1, 0.15) is 10.5 Å². The minimum Gasteiger partial charge on any atom is -0.349 e. The molecule has 1 aromatic carbocycles. The highest BCUT2D eigenvalue weighted by atomic mass is 35.5. The van der Waals surface area contributed by atoms with Gasteiger partial charge in [0.25, 0.3) is 11.8 Å². The van der Waals surface area contributed by atoms with E-state index in [-0.39, 0.29) is 26.7 Å². The molecular weight excluding hydrogens is 439 g/mol. The molecule has 1 saturated carbocycles. The maximum atomic E-state index is 12.9. The minimum absolute atomic E-state index is 0.137. The van der Waals surface area contributed by atoms with Gasteiger partial charge in [0.05, 0.1) is 15.5 Å². The normalized spacial score (nSPS) is 14.0. The summed E-state index contributed by atoms with van der Waals surface area (Å²) in [4.78, 5) is 28.9. The quantitative estimate of drug-likeness (QED) is 0.554. The predicted molar refractivity (Wildman–Crippen MR) is 109 cm³/mol. The molecule has 2 N–H and O–H groups in total. The predicted octanol–water partition coefficient (Wildman–Crippen LogP) is 5.42. The van der Waals surface area contributed by atoms with Crippen molar-refractivity contribution in [1.29, 1.82) is 0 Å². The number of rotatable bonds is 4. The molecule has 1 fully saturated rings. The molecule has 0 atom stereocenters. The number of hydrogen-bond acceptors (Lipinski definition) is 4. The Bertz CT molecular complexity index is 1170. The van der Waals surface area contributed by atoms with E-state index in [2.05, 4.69) is 15.6 Å². The second-order valence-electron chi connectivity index (χ2n) is 7.00. The number of fused-ring (bicyclic) bond motifs is 1. The van der Waals surface area contributed by atoms with Gasteiger partial charge in [-0.1, -0.05) is 11.6 Å². The molecule has 3 aromatic rings. The number of carbonyl (C=O) groups excluding carboxylic acids is 2. The Kier molecular flexibility index (Phi) is 5.19. The maximum absolute atomic E-state index is 12.9. The van der Waals surface area contributed by atoms with Gasteiger partial charge in [-0.3, -0.25) is 9.59 Å². The van der Waals surface area contributed by atoms with E-state index in [1.165, 1.54) is 18.2 Å². The Morgan fingerprint density at radius 2 is 1.90 bits per heavy atom. The molecule has 0 unspecified atom stereocenters. The molecule has 156 valence electrons. The van der Waals surface area contributed by atoms with E-state index in [1.54, 1.807) is 13.0 Å². The number of anilines is 1. The third-order valence-electron chi connectivity index (χ3n) is 4.68. The van der Waals surface area contributed by atoms with Crippen molar-refractivity contribution < 1.29 is 22.8 Å². The standard InChI is InChI=1S/C20H15ClF3N3O2S/c1-9-12-6-7-15(20(22,23)24)27-19(12)30-16(9)18(29)26-11-4-5-13(14(21)8-11)17(28)25-10-2-3-10/h4-8,10H,2-3H2,1H3,(H,25,28)(H,26,29). The number of benzene rings is 1. The van der Waals surface area contributed by atoms with Crippen LogP contribution in [0.5, 0.6) is 0 Å². The van der Waals surface area contributed by atoms with Crippen LogP contribution in [0.2, 0.25) is 5.02 Å². The number of nitrogens with one attached hydrogen (secondary N) is 2. The van der Waals surface area contributed by atoms with Crippen LogP contribution in [0, 0.1) is 6.92 Å². The number of carbonyl (C=O) groups is 2. The number of thiophene rings is 1. The molecule has 2 heterocycles. The van der Waals surface area contributed by atoms with Crippen LogP contribution in [0.25, 0.3) is 10.2 Å². The SMILES string of the molecule is Cc1c(C(=O)Nc2ccc(C(=O)NC3CC3)c(Cl)c2)sc2nc(C(F)(F)F)ccc12. The molecule has 0 saturated heterocycles. The lowest BCUT2D eigenvalue weighted by molar-refractivity contribution is -0.140. The van der Waals surface area contributed by atoms with Gasteiger partial charge in [-0.2, -0.15) is 13.2 Å². The van der Waals surface area contributed by atoms with Crippen LogP contribution in [-0.4, -0.2) is 22.8 Å². The fourth-order valence-electron chi connectivity index (χ4n) is 2.93. The van der Waals surface area contributed by atoms with E-state index < -0.39 is 17.8 Å². The Morgan fingerprint density at radius 3 is 2.53 bits per heavy atom. The Morgan fingerprint density at radius 1 is 1.17 bits per heavy atom. The van der Waals surface area contributed by atoms with Crippen molar-refractivity contribution in [2.45, 2.75) is 32.0 Å². The molecule has 1 aliphatic carbocycles. The summed E-state index contributed by atoms with van der Waals surface area (Å²) >= 11 is 7.07. The first-order valence-electron chi connectivity index (χ1n) is 9.02. The second-order valence-corrected chi connectivity index (χ2v) is 8.41. The first-order chi connectivity index (χ1) is 14.1. The van der Waals surface area contributed by atoms with Gasteiger partial charge in [0.2, 0.25) is 0 Å². The Balaban J connectivity index is 1.56. The lowest BCUT2D eigenvalue weighted by Crippen LogP contribution is -2.25. The molecule has 0 bridgehead atoms. The maximum Gasteiger partial charge on any atom is 0.433 e. The molecule has 1 aliphatic rings. The molecule has 10 heteroatoms. The van der Waals surface area contributed by atoms with Crippen LogP contribution >= 0.6 is 22.9 Å². The third-order valence-corrected chi connectivity index (χ3v) is 6.20. The van der Waals surface area contributed by atoms with Crippen LogP contribution in [0.15, 0.2) is 30.3 Å². The van der Waals surface area contributed by atoms with Gasteiger partial charge in [0, 0.05) is 17.1 Å².